The summed E-state index contributed by atoms with van der Waals surface area (Å²) in [6.07, 6.45) is 8.84. The van der Waals surface area contributed by atoms with Crippen LogP contribution in [-0.4, -0.2) is 99.0 Å². The predicted octanol–water partition coefficient (Wildman–Crippen LogP) is 3.66. The molecule has 1 aromatic carbocycles. The highest BCUT2D eigenvalue weighted by atomic mass is 16.7. The standard InChI is InChI=1S/C33H46N2O8/c1-2-41-33-25(12-18-39-20-21-40-19-17-36)27(28-23-42-29-9-5-4-8-26(29)31(28)37)22-30(43-33)32(38)35-15-10-24(11-16-35)34-13-6-3-7-14-34/h4-5,8-9,22-25,27,33,36H,2-3,6-7,10-21H2,1H3/t25-,27-,33+/m1/s1. The molecule has 0 radical (unpaired) electrons. The van der Waals surface area contributed by atoms with Gasteiger partial charge in [-0.1, -0.05) is 18.6 Å². The molecule has 2 saturated heterocycles. The first kappa shape index (κ1) is 31.7. The molecule has 0 spiro atoms. The minimum atomic E-state index is -0.732. The number of aliphatic hydroxyl groups excluding tert-OH is 1. The number of aliphatic hydroxyl groups is 1. The van der Waals surface area contributed by atoms with Crippen molar-refractivity contribution in [2.45, 2.75) is 63.7 Å². The number of fused-ring (bicyclic) bond motifs is 1. The molecule has 0 saturated carbocycles. The van der Waals surface area contributed by atoms with Gasteiger partial charge in [0.2, 0.25) is 6.29 Å². The monoisotopic (exact) mass is 598 g/mol. The van der Waals surface area contributed by atoms with Crippen LogP contribution in [0.3, 0.4) is 0 Å². The van der Waals surface area contributed by atoms with Gasteiger partial charge < -0.3 is 38.3 Å². The zero-order valence-electron chi connectivity index (χ0n) is 25.3. The van der Waals surface area contributed by atoms with Gasteiger partial charge in [0.1, 0.15) is 5.58 Å². The number of para-hydroxylation sites is 1. The summed E-state index contributed by atoms with van der Waals surface area (Å²) in [6, 6.07) is 7.71. The number of carbonyl (C=O) groups excluding carboxylic acids is 1. The molecule has 43 heavy (non-hydrogen) atoms. The van der Waals surface area contributed by atoms with Crippen LogP contribution in [0.4, 0.5) is 0 Å². The van der Waals surface area contributed by atoms with E-state index < -0.39 is 12.2 Å². The summed E-state index contributed by atoms with van der Waals surface area (Å²) in [5, 5.41) is 9.39. The average molecular weight is 599 g/mol. The van der Waals surface area contributed by atoms with Crippen molar-refractivity contribution in [1.29, 1.82) is 0 Å². The van der Waals surface area contributed by atoms with Crippen LogP contribution in [0, 0.1) is 5.92 Å². The van der Waals surface area contributed by atoms with Crippen molar-refractivity contribution in [3.8, 4) is 0 Å². The minimum Gasteiger partial charge on any atom is -0.464 e. The van der Waals surface area contributed by atoms with E-state index in [-0.39, 0.29) is 36.2 Å². The fraction of sp³-hybridized carbons (Fsp3) is 0.636. The van der Waals surface area contributed by atoms with Gasteiger partial charge in [-0.05, 0) is 70.3 Å². The second-order valence-corrected chi connectivity index (χ2v) is 11.5. The number of hydrogen-bond donors (Lipinski definition) is 1. The topological polar surface area (TPSA) is 111 Å². The van der Waals surface area contributed by atoms with Gasteiger partial charge in [-0.15, -0.1) is 0 Å². The maximum absolute atomic E-state index is 13.9. The molecule has 10 nitrogen and oxygen atoms in total. The number of nitrogens with zero attached hydrogens (tertiary/aromatic N) is 2. The number of benzene rings is 1. The zero-order valence-corrected chi connectivity index (χ0v) is 25.3. The number of likely N-dealkylation sites (tertiary alicyclic amines) is 2. The number of ether oxygens (including phenoxy) is 4. The number of allylic oxidation sites excluding steroid dienone is 1. The van der Waals surface area contributed by atoms with Gasteiger partial charge >= 0.3 is 0 Å². The molecule has 1 N–H and O–H groups in total. The summed E-state index contributed by atoms with van der Waals surface area (Å²) in [7, 11) is 0. The first-order chi connectivity index (χ1) is 21.1. The van der Waals surface area contributed by atoms with Crippen molar-refractivity contribution < 1.29 is 33.3 Å². The highest BCUT2D eigenvalue weighted by Gasteiger charge is 2.41. The van der Waals surface area contributed by atoms with Gasteiger partial charge in [0.25, 0.3) is 5.91 Å². The molecule has 0 unspecified atom stereocenters. The molecule has 1 amide bonds. The van der Waals surface area contributed by atoms with Gasteiger partial charge in [0.05, 0.1) is 38.1 Å². The minimum absolute atomic E-state index is 0.0324. The fourth-order valence-corrected chi connectivity index (χ4v) is 6.59. The third-order valence-electron chi connectivity index (χ3n) is 8.85. The molecule has 3 aliphatic rings. The maximum Gasteiger partial charge on any atom is 0.288 e. The molecule has 2 aromatic rings. The van der Waals surface area contributed by atoms with Crippen LogP contribution < -0.4 is 5.43 Å². The van der Waals surface area contributed by atoms with Crippen molar-refractivity contribution in [3.63, 3.8) is 0 Å². The number of piperidine rings is 2. The molecular weight excluding hydrogens is 552 g/mol. The molecule has 3 aliphatic heterocycles. The van der Waals surface area contributed by atoms with Crippen molar-refractivity contribution in [2.24, 2.45) is 5.92 Å². The van der Waals surface area contributed by atoms with Crippen LogP contribution in [0.15, 0.2) is 51.6 Å². The van der Waals surface area contributed by atoms with E-state index in [9.17, 15) is 9.59 Å². The second-order valence-electron chi connectivity index (χ2n) is 11.5. The number of carbonyl (C=O) groups is 1. The number of hydrogen-bond acceptors (Lipinski definition) is 9. The lowest BCUT2D eigenvalue weighted by atomic mass is 9.81. The summed E-state index contributed by atoms with van der Waals surface area (Å²) in [5.74, 6) is -0.691. The maximum atomic E-state index is 13.9. The Kier molecular flexibility index (Phi) is 11.6. The van der Waals surface area contributed by atoms with Gasteiger partial charge in [0.15, 0.2) is 11.2 Å². The van der Waals surface area contributed by atoms with Gasteiger partial charge in [-0.25, -0.2) is 0 Å². The first-order valence-corrected chi connectivity index (χ1v) is 15.9. The SMILES string of the molecule is CCO[C@H]1OC(C(=O)N2CCC(N3CCCCC3)CC2)=C[C@@H](c2coc3ccccc3c2=O)[C@H]1CCOCCOCCO. The molecule has 0 aliphatic carbocycles. The van der Waals surface area contributed by atoms with Crippen molar-refractivity contribution in [1.82, 2.24) is 9.80 Å². The van der Waals surface area contributed by atoms with Crippen LogP contribution in [0.25, 0.3) is 11.0 Å². The molecular formula is C33H46N2O8. The molecule has 10 heteroatoms. The van der Waals surface area contributed by atoms with E-state index >= 15 is 0 Å². The Morgan fingerprint density at radius 1 is 1.00 bits per heavy atom. The fourth-order valence-electron chi connectivity index (χ4n) is 6.59. The average Bonchev–Trinajstić information content (AvgIpc) is 3.05. The third kappa shape index (κ3) is 7.85. The normalized spacial score (nSPS) is 23.7. The molecule has 5 rings (SSSR count). The van der Waals surface area contributed by atoms with E-state index in [0.717, 1.165) is 25.9 Å². The van der Waals surface area contributed by atoms with Gasteiger partial charge in [-0.2, -0.15) is 0 Å². The van der Waals surface area contributed by atoms with Crippen LogP contribution >= 0.6 is 0 Å². The van der Waals surface area contributed by atoms with E-state index in [1.807, 2.05) is 24.0 Å². The Bertz CT molecular complexity index is 1270. The van der Waals surface area contributed by atoms with Crippen molar-refractivity contribution >= 4 is 16.9 Å². The summed E-state index contributed by atoms with van der Waals surface area (Å²) < 4.78 is 29.3. The molecule has 1 aromatic heterocycles. The van der Waals surface area contributed by atoms with Crippen LogP contribution in [-0.2, 0) is 23.7 Å². The second kappa shape index (κ2) is 15.8. The van der Waals surface area contributed by atoms with Crippen molar-refractivity contribution in [2.75, 3.05) is 65.8 Å². The lowest BCUT2D eigenvalue weighted by molar-refractivity contribution is -0.172. The Hall–Kier alpha value is -2.76. The Labute approximate surface area is 253 Å². The third-order valence-corrected chi connectivity index (χ3v) is 8.85. The smallest absolute Gasteiger partial charge is 0.288 e. The summed E-state index contributed by atoms with van der Waals surface area (Å²) in [6.45, 7) is 7.31. The number of rotatable bonds is 13. The van der Waals surface area contributed by atoms with E-state index in [1.165, 1.54) is 25.5 Å². The van der Waals surface area contributed by atoms with Crippen LogP contribution in [0.2, 0.25) is 0 Å². The molecule has 4 heterocycles. The van der Waals surface area contributed by atoms with E-state index in [0.29, 0.717) is 68.5 Å². The molecule has 236 valence electrons. The summed E-state index contributed by atoms with van der Waals surface area (Å²) >= 11 is 0. The summed E-state index contributed by atoms with van der Waals surface area (Å²) in [5.41, 5.74) is 0.860. The molecule has 3 atom stereocenters. The van der Waals surface area contributed by atoms with Crippen LogP contribution in [0.5, 0.6) is 0 Å². The van der Waals surface area contributed by atoms with E-state index in [1.54, 1.807) is 18.2 Å². The lowest BCUT2D eigenvalue weighted by Crippen LogP contribution is -2.49. The quantitative estimate of drug-likeness (QED) is 0.346. The lowest BCUT2D eigenvalue weighted by Gasteiger charge is -2.41. The van der Waals surface area contributed by atoms with Gasteiger partial charge in [-0.3, -0.25) is 9.59 Å². The van der Waals surface area contributed by atoms with E-state index in [2.05, 4.69) is 4.90 Å². The Morgan fingerprint density at radius 3 is 2.49 bits per heavy atom. The number of amides is 1. The Balaban J connectivity index is 1.36. The van der Waals surface area contributed by atoms with Crippen LogP contribution in [0.1, 0.15) is 56.9 Å². The summed E-state index contributed by atoms with van der Waals surface area (Å²) in [4.78, 5) is 32.1. The van der Waals surface area contributed by atoms with E-state index in [4.69, 9.17) is 28.5 Å². The zero-order chi connectivity index (χ0) is 30.0. The first-order valence-electron chi connectivity index (χ1n) is 15.9. The molecule has 2 fully saturated rings. The Morgan fingerprint density at radius 2 is 1.74 bits per heavy atom. The molecule has 0 bridgehead atoms. The van der Waals surface area contributed by atoms with Gasteiger partial charge in [0, 0.05) is 49.7 Å². The highest BCUT2D eigenvalue weighted by molar-refractivity contribution is 5.92. The largest absolute Gasteiger partial charge is 0.464 e. The highest BCUT2D eigenvalue weighted by Crippen LogP contribution is 2.39. The predicted molar refractivity (Wildman–Crippen MR) is 162 cm³/mol. The van der Waals surface area contributed by atoms with Crippen molar-refractivity contribution in [3.05, 3.63) is 58.2 Å².